The Labute approximate surface area is 160 Å². The summed E-state index contributed by atoms with van der Waals surface area (Å²) in [5.41, 5.74) is 5.26. The smallest absolute Gasteiger partial charge is 0.395 e. The average Bonchev–Trinajstić information content (AvgIpc) is 3.11. The summed E-state index contributed by atoms with van der Waals surface area (Å²) in [6.45, 7) is 5.59. The van der Waals surface area contributed by atoms with Gasteiger partial charge >= 0.3 is 6.29 Å². The molecular formula is C21H18F2N2O3. The van der Waals surface area contributed by atoms with Crippen molar-refractivity contribution in [3.8, 4) is 22.6 Å². The number of carbonyl (C=O) groups is 1. The quantitative estimate of drug-likeness (QED) is 0.805. The lowest BCUT2D eigenvalue weighted by molar-refractivity contribution is -0.286. The summed E-state index contributed by atoms with van der Waals surface area (Å²) in [6.07, 6.45) is -2.93. The molecule has 2 aliphatic rings. The van der Waals surface area contributed by atoms with E-state index >= 15 is 0 Å². The van der Waals surface area contributed by atoms with Crippen LogP contribution in [0.3, 0.4) is 0 Å². The van der Waals surface area contributed by atoms with E-state index in [1.54, 1.807) is 19.1 Å². The number of nitrogens with zero attached hydrogens (tertiary/aromatic N) is 1. The monoisotopic (exact) mass is 384 g/mol. The SMILES string of the molecule is CC1=NC(C(=O)Nc2ccc(-c3cc4c(cc3C)OC(F)(F)O4)cc2)=C(C)C1. The van der Waals surface area contributed by atoms with E-state index in [1.165, 1.54) is 12.1 Å². The molecule has 0 saturated heterocycles. The zero-order chi connectivity index (χ0) is 20.1. The van der Waals surface area contributed by atoms with Gasteiger partial charge < -0.3 is 14.8 Å². The Bertz CT molecular complexity index is 1040. The first-order chi connectivity index (χ1) is 13.2. The maximum absolute atomic E-state index is 13.3. The molecule has 0 spiro atoms. The lowest BCUT2D eigenvalue weighted by atomic mass is 9.99. The normalized spacial score (nSPS) is 17.0. The second-order valence-corrected chi connectivity index (χ2v) is 6.97. The number of ether oxygens (including phenoxy) is 2. The van der Waals surface area contributed by atoms with Gasteiger partial charge in [0, 0.05) is 17.8 Å². The summed E-state index contributed by atoms with van der Waals surface area (Å²) in [4.78, 5) is 16.7. The van der Waals surface area contributed by atoms with Gasteiger partial charge in [0.25, 0.3) is 5.91 Å². The van der Waals surface area contributed by atoms with Crippen LogP contribution < -0.4 is 14.8 Å². The van der Waals surface area contributed by atoms with E-state index in [0.29, 0.717) is 17.8 Å². The van der Waals surface area contributed by atoms with Crippen LogP contribution in [0.4, 0.5) is 14.5 Å². The van der Waals surface area contributed by atoms with Crippen LogP contribution in [0, 0.1) is 6.92 Å². The molecule has 0 aliphatic carbocycles. The van der Waals surface area contributed by atoms with E-state index < -0.39 is 6.29 Å². The number of hydrogen-bond acceptors (Lipinski definition) is 4. The molecule has 4 rings (SSSR count). The molecule has 1 N–H and O–H groups in total. The van der Waals surface area contributed by atoms with E-state index in [1.807, 2.05) is 26.0 Å². The van der Waals surface area contributed by atoms with Crippen molar-refractivity contribution < 1.29 is 23.0 Å². The summed E-state index contributed by atoms with van der Waals surface area (Å²) >= 11 is 0. The highest BCUT2D eigenvalue weighted by Crippen LogP contribution is 2.44. The van der Waals surface area contributed by atoms with Crippen molar-refractivity contribution in [2.24, 2.45) is 4.99 Å². The highest BCUT2D eigenvalue weighted by molar-refractivity contribution is 6.08. The molecule has 28 heavy (non-hydrogen) atoms. The van der Waals surface area contributed by atoms with Crippen LogP contribution in [0.25, 0.3) is 11.1 Å². The third kappa shape index (κ3) is 3.35. The largest absolute Gasteiger partial charge is 0.586 e. The molecule has 0 aromatic heterocycles. The summed E-state index contributed by atoms with van der Waals surface area (Å²) in [5, 5.41) is 2.83. The highest BCUT2D eigenvalue weighted by atomic mass is 19.3. The Kier molecular flexibility index (Phi) is 4.18. The summed E-state index contributed by atoms with van der Waals surface area (Å²) < 4.78 is 35.5. The summed E-state index contributed by atoms with van der Waals surface area (Å²) in [5.74, 6) is -0.227. The van der Waals surface area contributed by atoms with Crippen LogP contribution in [-0.4, -0.2) is 17.9 Å². The second-order valence-electron chi connectivity index (χ2n) is 6.97. The molecule has 0 fully saturated rings. The third-order valence-electron chi connectivity index (χ3n) is 4.65. The first-order valence-corrected chi connectivity index (χ1v) is 8.78. The van der Waals surface area contributed by atoms with Gasteiger partial charge in [0.1, 0.15) is 5.70 Å². The molecule has 2 aromatic rings. The van der Waals surface area contributed by atoms with Crippen LogP contribution in [0.15, 0.2) is 52.7 Å². The number of aryl methyl sites for hydroxylation is 1. The number of rotatable bonds is 3. The van der Waals surface area contributed by atoms with Gasteiger partial charge in [0.15, 0.2) is 11.5 Å². The lowest BCUT2D eigenvalue weighted by Crippen LogP contribution is -2.25. The molecule has 144 valence electrons. The number of carbonyl (C=O) groups excluding carboxylic acids is 1. The van der Waals surface area contributed by atoms with Gasteiger partial charge in [0.05, 0.1) is 0 Å². The fraction of sp³-hybridized carbons (Fsp3) is 0.238. The van der Waals surface area contributed by atoms with E-state index in [-0.39, 0.29) is 17.4 Å². The van der Waals surface area contributed by atoms with Crippen LogP contribution in [-0.2, 0) is 4.79 Å². The minimum absolute atomic E-state index is 0.000133. The number of alkyl halides is 2. The Morgan fingerprint density at radius 3 is 2.32 bits per heavy atom. The maximum atomic E-state index is 13.3. The molecule has 0 radical (unpaired) electrons. The summed E-state index contributed by atoms with van der Waals surface area (Å²) in [7, 11) is 0. The van der Waals surface area contributed by atoms with E-state index in [9.17, 15) is 13.6 Å². The van der Waals surface area contributed by atoms with Gasteiger partial charge in [-0.15, -0.1) is 8.78 Å². The number of allylic oxidation sites excluding steroid dienone is 1. The zero-order valence-electron chi connectivity index (χ0n) is 15.6. The van der Waals surface area contributed by atoms with Crippen molar-refractivity contribution >= 4 is 17.3 Å². The summed E-state index contributed by atoms with van der Waals surface area (Å²) in [6, 6.07) is 10.2. The molecule has 0 atom stereocenters. The van der Waals surface area contributed by atoms with Crippen molar-refractivity contribution in [2.75, 3.05) is 5.32 Å². The predicted molar refractivity (Wildman–Crippen MR) is 102 cm³/mol. The number of hydrogen-bond donors (Lipinski definition) is 1. The van der Waals surface area contributed by atoms with Gasteiger partial charge in [-0.2, -0.15) is 0 Å². The van der Waals surface area contributed by atoms with Crippen molar-refractivity contribution in [3.05, 3.63) is 53.2 Å². The molecule has 1 amide bonds. The van der Waals surface area contributed by atoms with Crippen molar-refractivity contribution in [1.29, 1.82) is 0 Å². The molecule has 2 aliphatic heterocycles. The number of halogens is 2. The van der Waals surface area contributed by atoms with E-state index in [4.69, 9.17) is 0 Å². The number of fused-ring (bicyclic) bond motifs is 1. The minimum atomic E-state index is -3.64. The second kappa shape index (κ2) is 6.44. The Morgan fingerprint density at radius 2 is 1.71 bits per heavy atom. The molecule has 5 nitrogen and oxygen atoms in total. The minimum Gasteiger partial charge on any atom is -0.395 e. The molecule has 2 heterocycles. The first-order valence-electron chi connectivity index (χ1n) is 8.78. The van der Waals surface area contributed by atoms with Crippen LogP contribution in [0.1, 0.15) is 25.8 Å². The van der Waals surface area contributed by atoms with E-state index in [2.05, 4.69) is 19.8 Å². The lowest BCUT2D eigenvalue weighted by Gasteiger charge is -2.10. The molecule has 0 saturated carbocycles. The average molecular weight is 384 g/mol. The van der Waals surface area contributed by atoms with Gasteiger partial charge in [-0.25, -0.2) is 0 Å². The Hall–Kier alpha value is -3.22. The molecule has 7 heteroatoms. The fourth-order valence-electron chi connectivity index (χ4n) is 3.37. The van der Waals surface area contributed by atoms with Crippen molar-refractivity contribution in [3.63, 3.8) is 0 Å². The molecule has 2 aromatic carbocycles. The van der Waals surface area contributed by atoms with Gasteiger partial charge in [-0.1, -0.05) is 12.1 Å². The number of anilines is 1. The van der Waals surface area contributed by atoms with Crippen LogP contribution in [0.5, 0.6) is 11.5 Å². The Balaban J connectivity index is 1.55. The highest BCUT2D eigenvalue weighted by Gasteiger charge is 2.43. The van der Waals surface area contributed by atoms with Crippen molar-refractivity contribution in [2.45, 2.75) is 33.5 Å². The number of aliphatic imine (C=N–C) groups is 1. The van der Waals surface area contributed by atoms with Crippen LogP contribution >= 0.6 is 0 Å². The van der Waals surface area contributed by atoms with E-state index in [0.717, 1.165) is 28.0 Å². The maximum Gasteiger partial charge on any atom is 0.586 e. The van der Waals surface area contributed by atoms with Gasteiger partial charge in [-0.05, 0) is 67.3 Å². The number of benzene rings is 2. The van der Waals surface area contributed by atoms with Crippen molar-refractivity contribution in [1.82, 2.24) is 0 Å². The standard InChI is InChI=1S/C21H18F2N2O3/c1-11-9-17-18(28-21(22,23)27-17)10-16(11)14-4-6-15(7-5-14)25-20(26)19-12(2)8-13(3)24-19/h4-7,9-10H,8H2,1-3H3,(H,25,26). The topological polar surface area (TPSA) is 59.9 Å². The Morgan fingerprint density at radius 1 is 1.07 bits per heavy atom. The van der Waals surface area contributed by atoms with Gasteiger partial charge in [-0.3, -0.25) is 9.79 Å². The predicted octanol–water partition coefficient (Wildman–Crippen LogP) is 5.06. The first kappa shape index (κ1) is 18.2. The molecule has 0 unspecified atom stereocenters. The number of nitrogens with one attached hydrogen (secondary N) is 1. The van der Waals surface area contributed by atoms with Crippen LogP contribution in [0.2, 0.25) is 0 Å². The fourth-order valence-corrected chi connectivity index (χ4v) is 3.37. The molecule has 0 bridgehead atoms. The zero-order valence-corrected chi connectivity index (χ0v) is 15.6. The van der Waals surface area contributed by atoms with Gasteiger partial charge in [0.2, 0.25) is 0 Å². The number of amides is 1. The molecular weight excluding hydrogens is 366 g/mol. The third-order valence-corrected chi connectivity index (χ3v) is 4.65.